The second kappa shape index (κ2) is 5.46. The minimum absolute atomic E-state index is 0.186. The highest BCUT2D eigenvalue weighted by Crippen LogP contribution is 2.07. The van der Waals surface area contributed by atoms with Crippen molar-refractivity contribution in [2.45, 2.75) is 6.92 Å². The number of rotatable bonds is 4. The average Bonchev–Trinajstić information content (AvgIpc) is 2.18. The number of benzene rings is 1. The van der Waals surface area contributed by atoms with Crippen LogP contribution in [0, 0.1) is 3.57 Å². The monoisotopic (exact) mass is 303 g/mol. The van der Waals surface area contributed by atoms with Crippen LogP contribution in [0.4, 0.5) is 0 Å². The smallest absolute Gasteiger partial charge is 0.176 e. The van der Waals surface area contributed by atoms with Crippen LogP contribution in [0.2, 0.25) is 0 Å². The van der Waals surface area contributed by atoms with Crippen molar-refractivity contribution < 1.29 is 4.79 Å². The number of nitrogens with zero attached hydrogens (tertiary/aromatic N) is 1. The van der Waals surface area contributed by atoms with E-state index in [1.54, 1.807) is 0 Å². The van der Waals surface area contributed by atoms with E-state index in [1.807, 2.05) is 43.1 Å². The van der Waals surface area contributed by atoms with E-state index < -0.39 is 0 Å². The summed E-state index contributed by atoms with van der Waals surface area (Å²) in [5, 5.41) is 0. The van der Waals surface area contributed by atoms with Crippen molar-refractivity contribution in [2.75, 3.05) is 20.1 Å². The lowest BCUT2D eigenvalue weighted by Crippen LogP contribution is -2.25. The van der Waals surface area contributed by atoms with Crippen molar-refractivity contribution in [1.29, 1.82) is 0 Å². The van der Waals surface area contributed by atoms with Crippen molar-refractivity contribution in [2.24, 2.45) is 0 Å². The van der Waals surface area contributed by atoms with E-state index >= 15 is 0 Å². The first-order valence-electron chi connectivity index (χ1n) is 4.60. The van der Waals surface area contributed by atoms with Gasteiger partial charge in [0.1, 0.15) is 0 Å². The number of hydrogen-bond acceptors (Lipinski definition) is 2. The Labute approximate surface area is 98.4 Å². The number of carbonyl (C=O) groups excluding carboxylic acids is 1. The Kier molecular flexibility index (Phi) is 4.54. The Balaban J connectivity index is 2.65. The van der Waals surface area contributed by atoms with Crippen LogP contribution in [0.1, 0.15) is 17.3 Å². The molecular weight excluding hydrogens is 289 g/mol. The average molecular weight is 303 g/mol. The van der Waals surface area contributed by atoms with Gasteiger partial charge in [-0.05, 0) is 48.3 Å². The van der Waals surface area contributed by atoms with Gasteiger partial charge in [-0.1, -0.05) is 19.1 Å². The zero-order valence-corrected chi connectivity index (χ0v) is 10.6. The molecule has 3 heteroatoms. The van der Waals surface area contributed by atoms with Crippen molar-refractivity contribution in [3.8, 4) is 0 Å². The second-order valence-electron chi connectivity index (χ2n) is 3.26. The fourth-order valence-corrected chi connectivity index (χ4v) is 1.44. The summed E-state index contributed by atoms with van der Waals surface area (Å²) in [7, 11) is 1.95. The molecule has 0 saturated carbocycles. The van der Waals surface area contributed by atoms with E-state index in [-0.39, 0.29) is 5.78 Å². The molecule has 0 bridgehead atoms. The summed E-state index contributed by atoms with van der Waals surface area (Å²) < 4.78 is 1.16. The van der Waals surface area contributed by atoms with Crippen LogP contribution in [0.5, 0.6) is 0 Å². The highest BCUT2D eigenvalue weighted by molar-refractivity contribution is 14.1. The lowest BCUT2D eigenvalue weighted by Gasteiger charge is -2.12. The fraction of sp³-hybridized carbons (Fsp3) is 0.364. The molecule has 14 heavy (non-hydrogen) atoms. The molecule has 0 N–H and O–H groups in total. The summed E-state index contributed by atoms with van der Waals surface area (Å²) in [6.07, 6.45) is 0. The van der Waals surface area contributed by atoms with Gasteiger partial charge in [0.2, 0.25) is 0 Å². The summed E-state index contributed by atoms with van der Waals surface area (Å²) in [6.45, 7) is 3.44. The zero-order valence-electron chi connectivity index (χ0n) is 8.46. The third-order valence-electron chi connectivity index (χ3n) is 2.12. The molecule has 0 fully saturated rings. The van der Waals surface area contributed by atoms with Crippen molar-refractivity contribution in [3.63, 3.8) is 0 Å². The van der Waals surface area contributed by atoms with E-state index in [9.17, 15) is 4.79 Å². The number of carbonyl (C=O) groups is 1. The number of hydrogen-bond donors (Lipinski definition) is 0. The standard InChI is InChI=1S/C11H14INO/c1-3-13(2)8-11(14)9-4-6-10(12)7-5-9/h4-7H,3,8H2,1-2H3. The van der Waals surface area contributed by atoms with E-state index in [2.05, 4.69) is 22.6 Å². The van der Waals surface area contributed by atoms with Crippen LogP contribution >= 0.6 is 22.6 Å². The molecule has 0 spiro atoms. The Morgan fingerprint density at radius 1 is 1.36 bits per heavy atom. The largest absolute Gasteiger partial charge is 0.299 e. The Morgan fingerprint density at radius 3 is 2.43 bits per heavy atom. The Hall–Kier alpha value is -0.420. The lowest BCUT2D eigenvalue weighted by atomic mass is 10.1. The van der Waals surface area contributed by atoms with Gasteiger partial charge in [-0.3, -0.25) is 9.69 Å². The van der Waals surface area contributed by atoms with E-state index in [4.69, 9.17) is 0 Å². The van der Waals surface area contributed by atoms with Crippen LogP contribution < -0.4 is 0 Å². The Morgan fingerprint density at radius 2 is 1.93 bits per heavy atom. The van der Waals surface area contributed by atoms with E-state index in [0.29, 0.717) is 6.54 Å². The maximum absolute atomic E-state index is 11.7. The van der Waals surface area contributed by atoms with Gasteiger partial charge in [0.05, 0.1) is 6.54 Å². The van der Waals surface area contributed by atoms with Crippen molar-refractivity contribution in [1.82, 2.24) is 4.90 Å². The van der Waals surface area contributed by atoms with Gasteiger partial charge >= 0.3 is 0 Å². The maximum Gasteiger partial charge on any atom is 0.176 e. The molecule has 0 atom stereocenters. The molecule has 0 aliphatic rings. The molecule has 1 aromatic carbocycles. The van der Waals surface area contributed by atoms with Crippen LogP contribution in [0.15, 0.2) is 24.3 Å². The molecule has 0 aromatic heterocycles. The first kappa shape index (κ1) is 11.7. The predicted octanol–water partition coefficient (Wildman–Crippen LogP) is 2.43. The summed E-state index contributed by atoms with van der Waals surface area (Å²) in [4.78, 5) is 13.7. The molecule has 2 nitrogen and oxygen atoms in total. The number of Topliss-reactive ketones (excluding diaryl/α,β-unsaturated/α-hetero) is 1. The molecule has 76 valence electrons. The van der Waals surface area contributed by atoms with E-state index in [0.717, 1.165) is 15.7 Å². The zero-order chi connectivity index (χ0) is 10.6. The predicted molar refractivity (Wildman–Crippen MR) is 66.7 cm³/mol. The molecule has 0 aliphatic heterocycles. The molecule has 0 aliphatic carbocycles. The third-order valence-corrected chi connectivity index (χ3v) is 2.84. The normalized spacial score (nSPS) is 10.6. The summed E-state index contributed by atoms with van der Waals surface area (Å²) in [5.41, 5.74) is 0.797. The molecule has 0 radical (unpaired) electrons. The molecular formula is C11H14INO. The van der Waals surface area contributed by atoms with Gasteiger partial charge in [0, 0.05) is 9.13 Å². The summed E-state index contributed by atoms with van der Waals surface area (Å²) >= 11 is 2.23. The van der Waals surface area contributed by atoms with Crippen LogP contribution in [0.3, 0.4) is 0 Å². The quantitative estimate of drug-likeness (QED) is 0.629. The molecule has 0 unspecified atom stereocenters. The third kappa shape index (κ3) is 3.38. The van der Waals surface area contributed by atoms with Gasteiger partial charge in [0.25, 0.3) is 0 Å². The van der Waals surface area contributed by atoms with Gasteiger partial charge < -0.3 is 0 Å². The fourth-order valence-electron chi connectivity index (χ4n) is 1.08. The number of halogens is 1. The van der Waals surface area contributed by atoms with E-state index in [1.165, 1.54) is 0 Å². The minimum atomic E-state index is 0.186. The van der Waals surface area contributed by atoms with Gasteiger partial charge in [0.15, 0.2) is 5.78 Å². The topological polar surface area (TPSA) is 20.3 Å². The van der Waals surface area contributed by atoms with Crippen LogP contribution in [0.25, 0.3) is 0 Å². The second-order valence-corrected chi connectivity index (χ2v) is 4.51. The molecule has 1 rings (SSSR count). The summed E-state index contributed by atoms with van der Waals surface area (Å²) in [6, 6.07) is 7.68. The first-order valence-corrected chi connectivity index (χ1v) is 5.68. The van der Waals surface area contributed by atoms with Gasteiger partial charge in [-0.2, -0.15) is 0 Å². The minimum Gasteiger partial charge on any atom is -0.299 e. The SMILES string of the molecule is CCN(C)CC(=O)c1ccc(I)cc1. The first-order chi connectivity index (χ1) is 6.63. The number of likely N-dealkylation sites (N-methyl/N-ethyl adjacent to an activating group) is 1. The highest BCUT2D eigenvalue weighted by Gasteiger charge is 2.07. The summed E-state index contributed by atoms with van der Waals surface area (Å²) in [5.74, 6) is 0.186. The van der Waals surface area contributed by atoms with Crippen molar-refractivity contribution >= 4 is 28.4 Å². The van der Waals surface area contributed by atoms with Gasteiger partial charge in [-0.25, -0.2) is 0 Å². The lowest BCUT2D eigenvalue weighted by molar-refractivity contribution is 0.0949. The van der Waals surface area contributed by atoms with Crippen LogP contribution in [-0.2, 0) is 0 Å². The highest BCUT2D eigenvalue weighted by atomic mass is 127. The Bertz CT molecular complexity index is 308. The van der Waals surface area contributed by atoms with Crippen LogP contribution in [-0.4, -0.2) is 30.8 Å². The molecule has 0 saturated heterocycles. The molecule has 0 heterocycles. The maximum atomic E-state index is 11.7. The molecule has 0 amide bonds. The van der Waals surface area contributed by atoms with Crippen molar-refractivity contribution in [3.05, 3.63) is 33.4 Å². The van der Waals surface area contributed by atoms with Gasteiger partial charge in [-0.15, -0.1) is 0 Å². The number of ketones is 1. The molecule has 1 aromatic rings.